The largest absolute Gasteiger partial charge is 0.332 e. The van der Waals surface area contributed by atoms with Crippen molar-refractivity contribution >= 4 is 74.7 Å². The molecule has 0 atom stereocenters. The van der Waals surface area contributed by atoms with Gasteiger partial charge in [-0.15, -0.1) is 0 Å². The summed E-state index contributed by atoms with van der Waals surface area (Å²) in [5, 5.41) is 6.69. The molecule has 0 heterocycles. The Morgan fingerprint density at radius 3 is 2.55 bits per heavy atom. The van der Waals surface area contributed by atoms with E-state index in [-0.39, 0.29) is 11.0 Å². The molecule has 0 spiro atoms. The van der Waals surface area contributed by atoms with Crippen molar-refractivity contribution < 1.29 is 4.79 Å². The third kappa shape index (κ3) is 4.55. The van der Waals surface area contributed by atoms with Gasteiger partial charge in [0, 0.05) is 14.3 Å². The first-order valence-electron chi connectivity index (χ1n) is 6.20. The van der Waals surface area contributed by atoms with Crippen LogP contribution in [0.3, 0.4) is 0 Å². The van der Waals surface area contributed by atoms with Crippen molar-refractivity contribution in [3.05, 3.63) is 61.1 Å². The van der Waals surface area contributed by atoms with Crippen LogP contribution >= 0.6 is 58.0 Å². The smallest absolute Gasteiger partial charge is 0.258 e. The molecule has 0 saturated heterocycles. The van der Waals surface area contributed by atoms with E-state index in [9.17, 15) is 4.79 Å². The third-order valence-corrected chi connectivity index (χ3v) is 4.44. The molecule has 2 aromatic rings. The molecule has 2 rings (SSSR count). The fraction of sp³-hybridized carbons (Fsp3) is 0.0667. The summed E-state index contributed by atoms with van der Waals surface area (Å²) in [6, 6.07) is 10.6. The van der Waals surface area contributed by atoms with Crippen molar-refractivity contribution in [1.29, 1.82) is 0 Å². The summed E-state index contributed by atoms with van der Waals surface area (Å²) in [4.78, 5) is 12.2. The van der Waals surface area contributed by atoms with E-state index in [4.69, 9.17) is 35.4 Å². The number of halogens is 3. The normalized spacial score (nSPS) is 10.2. The Morgan fingerprint density at radius 1 is 1.14 bits per heavy atom. The van der Waals surface area contributed by atoms with Gasteiger partial charge in [-0.1, -0.05) is 29.3 Å². The molecule has 0 saturated carbocycles. The van der Waals surface area contributed by atoms with Crippen LogP contribution in [0.2, 0.25) is 10.0 Å². The van der Waals surface area contributed by atoms with E-state index < -0.39 is 0 Å². The van der Waals surface area contributed by atoms with Crippen LogP contribution in [0.5, 0.6) is 0 Å². The topological polar surface area (TPSA) is 41.1 Å². The molecule has 7 heteroatoms. The molecule has 0 aliphatic heterocycles. The lowest BCUT2D eigenvalue weighted by Crippen LogP contribution is -2.34. The van der Waals surface area contributed by atoms with Gasteiger partial charge in [0.05, 0.1) is 10.6 Å². The predicted octanol–water partition coefficient (Wildman–Crippen LogP) is 5.03. The molecule has 0 fully saturated rings. The number of carbonyl (C=O) groups excluding carboxylic acids is 1. The van der Waals surface area contributed by atoms with Gasteiger partial charge in [-0.3, -0.25) is 10.1 Å². The van der Waals surface area contributed by atoms with Crippen molar-refractivity contribution in [2.45, 2.75) is 6.92 Å². The van der Waals surface area contributed by atoms with Crippen LogP contribution in [0.1, 0.15) is 15.9 Å². The Balaban J connectivity index is 2.06. The monoisotopic (exact) mass is 464 g/mol. The average molecular weight is 465 g/mol. The Hall–Kier alpha value is -0.890. The van der Waals surface area contributed by atoms with E-state index in [0.717, 1.165) is 9.13 Å². The van der Waals surface area contributed by atoms with Crippen LogP contribution in [-0.4, -0.2) is 11.0 Å². The molecule has 0 aliphatic rings. The number of hydrogen-bond acceptors (Lipinski definition) is 2. The number of amides is 1. The molecule has 114 valence electrons. The van der Waals surface area contributed by atoms with Crippen molar-refractivity contribution in [3.63, 3.8) is 0 Å². The van der Waals surface area contributed by atoms with E-state index in [2.05, 4.69) is 33.2 Å². The molecule has 22 heavy (non-hydrogen) atoms. The highest BCUT2D eigenvalue weighted by atomic mass is 127. The molecule has 0 radical (unpaired) electrons. The molecule has 3 nitrogen and oxygen atoms in total. The van der Waals surface area contributed by atoms with Gasteiger partial charge in [0.15, 0.2) is 5.11 Å². The lowest BCUT2D eigenvalue weighted by Gasteiger charge is -2.11. The number of aryl methyl sites for hydroxylation is 1. The van der Waals surface area contributed by atoms with Gasteiger partial charge < -0.3 is 5.32 Å². The Bertz CT molecular complexity index is 752. The molecule has 0 aliphatic carbocycles. The Morgan fingerprint density at radius 2 is 1.86 bits per heavy atom. The van der Waals surface area contributed by atoms with Gasteiger partial charge in [0.1, 0.15) is 0 Å². The molecule has 0 bridgehead atoms. The molecule has 1 amide bonds. The third-order valence-electron chi connectivity index (χ3n) is 2.83. The zero-order valence-corrected chi connectivity index (χ0v) is 15.9. The van der Waals surface area contributed by atoms with Crippen molar-refractivity contribution in [2.75, 3.05) is 5.32 Å². The summed E-state index contributed by atoms with van der Waals surface area (Å²) >= 11 is 19.3. The fourth-order valence-corrected chi connectivity index (χ4v) is 2.76. The number of thiocarbonyl (C=S) groups is 1. The van der Waals surface area contributed by atoms with Gasteiger partial charge in [-0.2, -0.15) is 0 Å². The zero-order valence-electron chi connectivity index (χ0n) is 11.4. The number of benzene rings is 2. The maximum Gasteiger partial charge on any atom is 0.258 e. The van der Waals surface area contributed by atoms with E-state index in [1.54, 1.807) is 18.2 Å². The van der Waals surface area contributed by atoms with Gasteiger partial charge in [0.25, 0.3) is 5.91 Å². The summed E-state index contributed by atoms with van der Waals surface area (Å²) in [7, 11) is 0. The molecule has 2 aromatic carbocycles. The summed E-state index contributed by atoms with van der Waals surface area (Å²) in [6.45, 7) is 1.91. The minimum Gasteiger partial charge on any atom is -0.332 e. The number of rotatable bonds is 2. The number of hydrogen-bond donors (Lipinski definition) is 2. The van der Waals surface area contributed by atoms with E-state index in [1.165, 1.54) is 0 Å². The van der Waals surface area contributed by atoms with Crippen LogP contribution < -0.4 is 10.6 Å². The van der Waals surface area contributed by atoms with Crippen LogP contribution in [0.4, 0.5) is 5.69 Å². The highest BCUT2D eigenvalue weighted by Gasteiger charge is 2.12. The lowest BCUT2D eigenvalue weighted by atomic mass is 10.2. The quantitative estimate of drug-likeness (QED) is 0.483. The summed E-state index contributed by atoms with van der Waals surface area (Å²) in [5.41, 5.74) is 2.04. The summed E-state index contributed by atoms with van der Waals surface area (Å²) in [5.74, 6) is -0.362. The maximum atomic E-state index is 12.2. The first-order valence-corrected chi connectivity index (χ1v) is 8.44. The van der Waals surface area contributed by atoms with Crippen molar-refractivity contribution in [3.8, 4) is 0 Å². The van der Waals surface area contributed by atoms with Gasteiger partial charge >= 0.3 is 0 Å². The van der Waals surface area contributed by atoms with Gasteiger partial charge in [-0.05, 0) is 77.6 Å². The molecule has 2 N–H and O–H groups in total. The standard InChI is InChI=1S/C15H11Cl2IN2OS/c1-8-2-4-10(7-13(8)17)19-15(22)20-14(21)11-6-9(18)3-5-12(11)16/h2-7H,1H3,(H2,19,20,21,22). The molecular weight excluding hydrogens is 454 g/mol. The second kappa shape index (κ2) is 7.59. The van der Waals surface area contributed by atoms with E-state index in [0.29, 0.717) is 21.3 Å². The SMILES string of the molecule is Cc1ccc(NC(=S)NC(=O)c2cc(I)ccc2Cl)cc1Cl. The summed E-state index contributed by atoms with van der Waals surface area (Å²) in [6.07, 6.45) is 0. The maximum absolute atomic E-state index is 12.2. The lowest BCUT2D eigenvalue weighted by molar-refractivity contribution is 0.0978. The number of carbonyl (C=O) groups is 1. The predicted molar refractivity (Wildman–Crippen MR) is 104 cm³/mol. The molecule has 0 unspecified atom stereocenters. The van der Waals surface area contributed by atoms with Crippen molar-refractivity contribution in [2.24, 2.45) is 0 Å². The second-order valence-electron chi connectivity index (χ2n) is 4.50. The number of nitrogens with one attached hydrogen (secondary N) is 2. The Kier molecular flexibility index (Phi) is 6.02. The average Bonchev–Trinajstić information content (AvgIpc) is 2.45. The highest BCUT2D eigenvalue weighted by molar-refractivity contribution is 14.1. The first-order chi connectivity index (χ1) is 10.4. The zero-order chi connectivity index (χ0) is 16.3. The van der Waals surface area contributed by atoms with Gasteiger partial charge in [0.2, 0.25) is 0 Å². The highest BCUT2D eigenvalue weighted by Crippen LogP contribution is 2.20. The minimum absolute atomic E-state index is 0.180. The van der Waals surface area contributed by atoms with E-state index in [1.807, 2.05) is 25.1 Å². The van der Waals surface area contributed by atoms with Crippen LogP contribution in [0, 0.1) is 10.5 Å². The molecular formula is C15H11Cl2IN2OS. The van der Waals surface area contributed by atoms with Crippen LogP contribution in [0.25, 0.3) is 0 Å². The summed E-state index contributed by atoms with van der Waals surface area (Å²) < 4.78 is 0.913. The number of anilines is 1. The first kappa shape index (κ1) is 17.5. The minimum atomic E-state index is -0.362. The van der Waals surface area contributed by atoms with Crippen LogP contribution in [-0.2, 0) is 0 Å². The van der Waals surface area contributed by atoms with Crippen molar-refractivity contribution in [1.82, 2.24) is 5.32 Å². The van der Waals surface area contributed by atoms with E-state index >= 15 is 0 Å². The van der Waals surface area contributed by atoms with Gasteiger partial charge in [-0.25, -0.2) is 0 Å². The molecule has 0 aromatic heterocycles. The second-order valence-corrected chi connectivity index (χ2v) is 6.96. The van der Waals surface area contributed by atoms with Crippen LogP contribution in [0.15, 0.2) is 36.4 Å². The Labute approximate surface area is 157 Å². The fourth-order valence-electron chi connectivity index (χ4n) is 1.67.